The van der Waals surface area contributed by atoms with E-state index >= 15 is 0 Å². The number of hydrogen-bond donors (Lipinski definition) is 2. The standard InChI is InChI=1S/C18H19FN2O4/c1-3-23-16-8-12(19)4-6-14(16)20-11(2)18(22)21-13-5-7-15-17(9-13)25-10-24-15/h4-9,11,20H,3,10H2,1-2H3,(H,21,22)/t11-/m0/s1. The monoisotopic (exact) mass is 346 g/mol. The lowest BCUT2D eigenvalue weighted by Crippen LogP contribution is -2.32. The summed E-state index contributed by atoms with van der Waals surface area (Å²) >= 11 is 0. The predicted octanol–water partition coefficient (Wildman–Crippen LogP) is 3.39. The van der Waals surface area contributed by atoms with Crippen molar-refractivity contribution in [2.45, 2.75) is 19.9 Å². The van der Waals surface area contributed by atoms with Gasteiger partial charge >= 0.3 is 0 Å². The predicted molar refractivity (Wildman–Crippen MR) is 91.8 cm³/mol. The minimum absolute atomic E-state index is 0.176. The van der Waals surface area contributed by atoms with E-state index < -0.39 is 11.9 Å². The van der Waals surface area contributed by atoms with Gasteiger partial charge in [-0.15, -0.1) is 0 Å². The third-order valence-electron chi connectivity index (χ3n) is 3.65. The maximum absolute atomic E-state index is 13.4. The second-order valence-corrected chi connectivity index (χ2v) is 5.50. The Balaban J connectivity index is 1.67. The molecule has 6 nitrogen and oxygen atoms in total. The van der Waals surface area contributed by atoms with Crippen LogP contribution in [-0.2, 0) is 4.79 Å². The van der Waals surface area contributed by atoms with Crippen LogP contribution in [0.3, 0.4) is 0 Å². The number of nitrogens with one attached hydrogen (secondary N) is 2. The van der Waals surface area contributed by atoms with Crippen molar-refractivity contribution in [2.24, 2.45) is 0 Å². The zero-order valence-electron chi connectivity index (χ0n) is 14.0. The summed E-state index contributed by atoms with van der Waals surface area (Å²) in [5.41, 5.74) is 1.16. The number of rotatable bonds is 6. The third kappa shape index (κ3) is 3.93. The fraction of sp³-hybridized carbons (Fsp3) is 0.278. The molecule has 1 aliphatic heterocycles. The van der Waals surface area contributed by atoms with E-state index in [1.54, 1.807) is 31.2 Å². The number of hydrogen-bond acceptors (Lipinski definition) is 5. The van der Waals surface area contributed by atoms with Crippen molar-refractivity contribution in [3.05, 3.63) is 42.2 Å². The van der Waals surface area contributed by atoms with Crippen LogP contribution >= 0.6 is 0 Å². The summed E-state index contributed by atoms with van der Waals surface area (Å²) in [6.45, 7) is 4.09. The zero-order valence-corrected chi connectivity index (χ0v) is 14.0. The van der Waals surface area contributed by atoms with E-state index in [1.807, 2.05) is 6.92 Å². The molecular weight excluding hydrogens is 327 g/mol. The fourth-order valence-electron chi connectivity index (χ4n) is 2.41. The smallest absolute Gasteiger partial charge is 0.246 e. The highest BCUT2D eigenvalue weighted by Crippen LogP contribution is 2.34. The van der Waals surface area contributed by atoms with Crippen LogP contribution in [0.15, 0.2) is 36.4 Å². The molecule has 1 heterocycles. The van der Waals surface area contributed by atoms with Crippen LogP contribution in [0.4, 0.5) is 15.8 Å². The number of fused-ring (bicyclic) bond motifs is 1. The molecule has 25 heavy (non-hydrogen) atoms. The number of ether oxygens (including phenoxy) is 3. The summed E-state index contributed by atoms with van der Waals surface area (Å²) in [4.78, 5) is 12.4. The number of amides is 1. The molecule has 132 valence electrons. The molecular formula is C18H19FN2O4. The molecule has 3 rings (SSSR count). The molecule has 0 spiro atoms. The summed E-state index contributed by atoms with van der Waals surface area (Å²) in [5, 5.41) is 5.84. The lowest BCUT2D eigenvalue weighted by atomic mass is 10.2. The third-order valence-corrected chi connectivity index (χ3v) is 3.65. The van der Waals surface area contributed by atoms with Crippen LogP contribution in [-0.4, -0.2) is 25.3 Å². The maximum atomic E-state index is 13.4. The topological polar surface area (TPSA) is 68.8 Å². The van der Waals surface area contributed by atoms with Gasteiger partial charge in [-0.2, -0.15) is 0 Å². The van der Waals surface area contributed by atoms with Crippen molar-refractivity contribution in [3.8, 4) is 17.2 Å². The molecule has 1 atom stereocenters. The van der Waals surface area contributed by atoms with Gasteiger partial charge < -0.3 is 24.8 Å². The zero-order chi connectivity index (χ0) is 17.8. The molecule has 7 heteroatoms. The van der Waals surface area contributed by atoms with Crippen molar-refractivity contribution in [3.63, 3.8) is 0 Å². The van der Waals surface area contributed by atoms with Crippen molar-refractivity contribution in [2.75, 3.05) is 24.0 Å². The molecule has 0 saturated carbocycles. The highest BCUT2D eigenvalue weighted by molar-refractivity contribution is 5.96. The maximum Gasteiger partial charge on any atom is 0.246 e. The Labute approximate surface area is 144 Å². The Morgan fingerprint density at radius 3 is 2.84 bits per heavy atom. The molecule has 2 N–H and O–H groups in total. The quantitative estimate of drug-likeness (QED) is 0.839. The molecule has 0 aromatic heterocycles. The highest BCUT2D eigenvalue weighted by Gasteiger charge is 2.18. The van der Waals surface area contributed by atoms with Gasteiger partial charge in [0.05, 0.1) is 12.3 Å². The highest BCUT2D eigenvalue weighted by atomic mass is 19.1. The summed E-state index contributed by atoms with van der Waals surface area (Å²) < 4.78 is 29.3. The molecule has 0 radical (unpaired) electrons. The Kier molecular flexibility index (Phi) is 4.92. The van der Waals surface area contributed by atoms with E-state index in [0.717, 1.165) is 0 Å². The number of anilines is 2. The molecule has 0 fully saturated rings. The minimum Gasteiger partial charge on any atom is -0.492 e. The van der Waals surface area contributed by atoms with Gasteiger partial charge in [0.2, 0.25) is 12.7 Å². The van der Waals surface area contributed by atoms with Crippen molar-refractivity contribution < 1.29 is 23.4 Å². The van der Waals surface area contributed by atoms with Crippen molar-refractivity contribution in [1.82, 2.24) is 0 Å². The average Bonchev–Trinajstić information content (AvgIpc) is 3.05. The van der Waals surface area contributed by atoms with E-state index in [2.05, 4.69) is 10.6 Å². The molecule has 0 aliphatic carbocycles. The Hall–Kier alpha value is -2.96. The first kappa shape index (κ1) is 16.9. The van der Waals surface area contributed by atoms with Crippen molar-refractivity contribution in [1.29, 1.82) is 0 Å². The molecule has 0 unspecified atom stereocenters. The first-order valence-corrected chi connectivity index (χ1v) is 7.96. The van der Waals surface area contributed by atoms with Gasteiger partial charge in [0, 0.05) is 17.8 Å². The van der Waals surface area contributed by atoms with Gasteiger partial charge in [-0.3, -0.25) is 4.79 Å². The largest absolute Gasteiger partial charge is 0.492 e. The SMILES string of the molecule is CCOc1cc(F)ccc1N[C@@H](C)C(=O)Nc1ccc2c(c1)OCO2. The van der Waals surface area contributed by atoms with Crippen LogP contribution < -0.4 is 24.8 Å². The number of carbonyl (C=O) groups is 1. The van der Waals surface area contributed by atoms with Crippen LogP contribution in [0, 0.1) is 5.82 Å². The van der Waals surface area contributed by atoms with E-state index in [9.17, 15) is 9.18 Å². The fourth-order valence-corrected chi connectivity index (χ4v) is 2.41. The molecule has 2 aromatic rings. The first-order valence-electron chi connectivity index (χ1n) is 7.96. The molecule has 0 bridgehead atoms. The summed E-state index contributed by atoms with van der Waals surface area (Å²) in [5.74, 6) is 0.967. The Morgan fingerprint density at radius 2 is 2.04 bits per heavy atom. The first-order chi connectivity index (χ1) is 12.1. The Morgan fingerprint density at radius 1 is 1.24 bits per heavy atom. The molecule has 1 aliphatic rings. The summed E-state index contributed by atoms with van der Waals surface area (Å²) in [6.07, 6.45) is 0. The van der Waals surface area contributed by atoms with Gasteiger partial charge in [-0.25, -0.2) is 4.39 Å². The lowest BCUT2D eigenvalue weighted by molar-refractivity contribution is -0.116. The van der Waals surface area contributed by atoms with Crippen LogP contribution in [0.5, 0.6) is 17.2 Å². The van der Waals surface area contributed by atoms with Crippen molar-refractivity contribution >= 4 is 17.3 Å². The normalized spacial score (nSPS) is 13.2. The van der Waals surface area contributed by atoms with E-state index in [-0.39, 0.29) is 12.7 Å². The second kappa shape index (κ2) is 7.29. The number of halogens is 1. The van der Waals surface area contributed by atoms with Gasteiger partial charge in [0.15, 0.2) is 11.5 Å². The number of carbonyl (C=O) groups excluding carboxylic acids is 1. The number of benzene rings is 2. The minimum atomic E-state index is -0.560. The van der Waals surface area contributed by atoms with E-state index in [4.69, 9.17) is 14.2 Å². The Bertz CT molecular complexity index is 782. The van der Waals surface area contributed by atoms with E-state index in [0.29, 0.717) is 35.2 Å². The average molecular weight is 346 g/mol. The molecule has 2 aromatic carbocycles. The summed E-state index contributed by atoms with van der Waals surface area (Å²) in [6, 6.07) is 8.77. The van der Waals surface area contributed by atoms with Gasteiger partial charge in [0.1, 0.15) is 17.6 Å². The lowest BCUT2D eigenvalue weighted by Gasteiger charge is -2.18. The van der Waals surface area contributed by atoms with Gasteiger partial charge in [0.25, 0.3) is 0 Å². The van der Waals surface area contributed by atoms with E-state index in [1.165, 1.54) is 12.1 Å². The second-order valence-electron chi connectivity index (χ2n) is 5.50. The van der Waals surface area contributed by atoms with Crippen LogP contribution in [0.2, 0.25) is 0 Å². The van der Waals surface area contributed by atoms with Crippen LogP contribution in [0.25, 0.3) is 0 Å². The van der Waals surface area contributed by atoms with Gasteiger partial charge in [-0.1, -0.05) is 0 Å². The molecule has 0 saturated heterocycles. The summed E-state index contributed by atoms with van der Waals surface area (Å²) in [7, 11) is 0. The molecule has 1 amide bonds. The van der Waals surface area contributed by atoms with Crippen LogP contribution in [0.1, 0.15) is 13.8 Å². The van der Waals surface area contributed by atoms with Gasteiger partial charge in [-0.05, 0) is 38.1 Å².